The molecule has 0 aliphatic heterocycles. The van der Waals surface area contributed by atoms with E-state index in [1.807, 2.05) is 0 Å². The summed E-state index contributed by atoms with van der Waals surface area (Å²) in [6.07, 6.45) is 64.9. The number of hydrogen-bond donors (Lipinski definition) is 3. The van der Waals surface area contributed by atoms with Crippen molar-refractivity contribution < 1.29 is 15.0 Å². The Labute approximate surface area is 365 Å². The average Bonchev–Trinajstić information content (AvgIpc) is 3.23. The van der Waals surface area contributed by atoms with Crippen molar-refractivity contribution in [2.75, 3.05) is 6.61 Å². The van der Waals surface area contributed by atoms with Crippen LogP contribution in [0, 0.1) is 0 Å². The van der Waals surface area contributed by atoms with Crippen LogP contribution in [0.3, 0.4) is 0 Å². The third-order valence-electron chi connectivity index (χ3n) is 12.8. The number of amides is 1. The van der Waals surface area contributed by atoms with Gasteiger partial charge >= 0.3 is 0 Å². The molecule has 4 heteroatoms. The van der Waals surface area contributed by atoms with Crippen molar-refractivity contribution in [3.05, 3.63) is 12.2 Å². The fraction of sp³-hybridized carbons (Fsp3) is 0.944. The molecule has 2 atom stereocenters. The molecule has 58 heavy (non-hydrogen) atoms. The molecule has 0 saturated carbocycles. The Balaban J connectivity index is 3.37. The van der Waals surface area contributed by atoms with Gasteiger partial charge in [0.15, 0.2) is 0 Å². The minimum absolute atomic E-state index is 0.0254. The summed E-state index contributed by atoms with van der Waals surface area (Å²) in [6.45, 7) is 4.38. The summed E-state index contributed by atoms with van der Waals surface area (Å²) in [5.41, 5.74) is 0. The van der Waals surface area contributed by atoms with Gasteiger partial charge in [0.1, 0.15) is 0 Å². The SMILES string of the molecule is CCCCCCCCCC/C=C\CCCCCCCCCCCCCCCCCCCCCCCC(=O)NC(CO)C(O)CCCCCCCCCCCCCCC. The molecule has 0 aromatic rings. The molecule has 0 aromatic heterocycles. The second-order valence-electron chi connectivity index (χ2n) is 18.7. The lowest BCUT2D eigenvalue weighted by molar-refractivity contribution is -0.123. The van der Waals surface area contributed by atoms with Gasteiger partial charge in [-0.3, -0.25) is 4.79 Å². The topological polar surface area (TPSA) is 69.6 Å². The van der Waals surface area contributed by atoms with Gasteiger partial charge in [-0.1, -0.05) is 276 Å². The van der Waals surface area contributed by atoms with Crippen LogP contribution in [0.5, 0.6) is 0 Å². The molecule has 0 radical (unpaired) electrons. The summed E-state index contributed by atoms with van der Waals surface area (Å²) in [7, 11) is 0. The van der Waals surface area contributed by atoms with E-state index in [0.29, 0.717) is 12.8 Å². The van der Waals surface area contributed by atoms with Crippen LogP contribution < -0.4 is 5.32 Å². The van der Waals surface area contributed by atoms with Gasteiger partial charge in [-0.15, -0.1) is 0 Å². The fourth-order valence-electron chi connectivity index (χ4n) is 8.65. The van der Waals surface area contributed by atoms with Gasteiger partial charge < -0.3 is 15.5 Å². The van der Waals surface area contributed by atoms with Crippen molar-refractivity contribution in [2.45, 2.75) is 321 Å². The zero-order chi connectivity index (χ0) is 42.1. The molecule has 0 saturated heterocycles. The third kappa shape index (κ3) is 46.2. The Morgan fingerprint density at radius 2 is 0.655 bits per heavy atom. The lowest BCUT2D eigenvalue weighted by Crippen LogP contribution is -2.45. The molecular formula is C54H107NO3. The molecule has 0 heterocycles. The van der Waals surface area contributed by atoms with Gasteiger partial charge in [0.05, 0.1) is 18.8 Å². The average molecular weight is 818 g/mol. The smallest absolute Gasteiger partial charge is 0.220 e. The molecule has 346 valence electrons. The predicted octanol–water partition coefficient (Wildman–Crippen LogP) is 17.4. The number of nitrogens with one attached hydrogen (secondary N) is 1. The molecule has 0 aromatic carbocycles. The Morgan fingerprint density at radius 3 is 0.948 bits per heavy atom. The number of aliphatic hydroxyl groups excluding tert-OH is 2. The Hall–Kier alpha value is -0.870. The summed E-state index contributed by atoms with van der Waals surface area (Å²) in [4.78, 5) is 12.4. The number of hydrogen-bond acceptors (Lipinski definition) is 3. The highest BCUT2D eigenvalue weighted by Gasteiger charge is 2.20. The normalized spacial score (nSPS) is 12.8. The number of unbranched alkanes of at least 4 members (excludes halogenated alkanes) is 41. The molecule has 0 fully saturated rings. The van der Waals surface area contributed by atoms with Gasteiger partial charge in [-0.25, -0.2) is 0 Å². The molecule has 0 rings (SSSR count). The summed E-state index contributed by atoms with van der Waals surface area (Å²) < 4.78 is 0. The van der Waals surface area contributed by atoms with E-state index < -0.39 is 12.1 Å². The molecule has 0 aliphatic carbocycles. The Morgan fingerprint density at radius 1 is 0.397 bits per heavy atom. The predicted molar refractivity (Wildman–Crippen MR) is 258 cm³/mol. The van der Waals surface area contributed by atoms with E-state index in [1.54, 1.807) is 0 Å². The highest BCUT2D eigenvalue weighted by Crippen LogP contribution is 2.17. The van der Waals surface area contributed by atoms with Crippen LogP contribution in [0.25, 0.3) is 0 Å². The minimum Gasteiger partial charge on any atom is -0.394 e. The standard InChI is InChI=1S/C54H107NO3/c1-3-5-7-9-11-13-15-17-18-19-20-21-22-23-24-25-26-27-28-29-30-31-32-33-34-35-36-38-40-42-44-46-48-50-54(58)55-52(51-56)53(57)49-47-45-43-41-39-37-16-14-12-10-8-6-4-2/h19-20,52-53,56-57H,3-18,21-51H2,1-2H3,(H,55,58)/b20-19-. The van der Waals surface area contributed by atoms with E-state index in [-0.39, 0.29) is 12.5 Å². The van der Waals surface area contributed by atoms with Crippen molar-refractivity contribution in [1.29, 1.82) is 0 Å². The van der Waals surface area contributed by atoms with Crippen LogP contribution in [0.15, 0.2) is 12.2 Å². The first-order valence-corrected chi connectivity index (χ1v) is 26.9. The molecule has 0 spiro atoms. The van der Waals surface area contributed by atoms with E-state index in [9.17, 15) is 15.0 Å². The first-order chi connectivity index (χ1) is 28.7. The summed E-state index contributed by atoms with van der Waals surface area (Å²) >= 11 is 0. The van der Waals surface area contributed by atoms with Crippen molar-refractivity contribution in [2.24, 2.45) is 0 Å². The quantitative estimate of drug-likeness (QED) is 0.0423. The summed E-state index contributed by atoms with van der Waals surface area (Å²) in [5, 5.41) is 23.2. The summed E-state index contributed by atoms with van der Waals surface area (Å²) in [6, 6.07) is -0.531. The highest BCUT2D eigenvalue weighted by molar-refractivity contribution is 5.76. The molecule has 2 unspecified atom stereocenters. The monoisotopic (exact) mass is 818 g/mol. The largest absolute Gasteiger partial charge is 0.394 e. The molecule has 0 aliphatic rings. The lowest BCUT2D eigenvalue weighted by atomic mass is 10.0. The maximum Gasteiger partial charge on any atom is 0.220 e. The van der Waals surface area contributed by atoms with Gasteiger partial charge in [-0.05, 0) is 38.5 Å². The van der Waals surface area contributed by atoms with Crippen molar-refractivity contribution in [3.63, 3.8) is 0 Å². The maximum atomic E-state index is 12.4. The zero-order valence-electron chi connectivity index (χ0n) is 39.8. The molecular weight excluding hydrogens is 711 g/mol. The number of aliphatic hydroxyl groups is 2. The fourth-order valence-corrected chi connectivity index (χ4v) is 8.65. The van der Waals surface area contributed by atoms with Gasteiger partial charge in [-0.2, -0.15) is 0 Å². The van der Waals surface area contributed by atoms with E-state index in [0.717, 1.165) is 25.7 Å². The second kappa shape index (κ2) is 50.5. The van der Waals surface area contributed by atoms with E-state index in [1.165, 1.54) is 257 Å². The zero-order valence-corrected chi connectivity index (χ0v) is 39.8. The van der Waals surface area contributed by atoms with E-state index in [2.05, 4.69) is 31.3 Å². The van der Waals surface area contributed by atoms with Gasteiger partial charge in [0.2, 0.25) is 5.91 Å². The van der Waals surface area contributed by atoms with E-state index >= 15 is 0 Å². The van der Waals surface area contributed by atoms with E-state index in [4.69, 9.17) is 0 Å². The summed E-state index contributed by atoms with van der Waals surface area (Å²) in [5.74, 6) is -0.0254. The van der Waals surface area contributed by atoms with Crippen LogP contribution in [0.1, 0.15) is 309 Å². The van der Waals surface area contributed by atoms with Crippen LogP contribution in [-0.2, 0) is 4.79 Å². The van der Waals surface area contributed by atoms with Crippen LogP contribution in [0.2, 0.25) is 0 Å². The highest BCUT2D eigenvalue weighted by atomic mass is 16.3. The number of allylic oxidation sites excluding steroid dienone is 2. The maximum absolute atomic E-state index is 12.4. The molecule has 4 nitrogen and oxygen atoms in total. The molecule has 0 bridgehead atoms. The third-order valence-corrected chi connectivity index (χ3v) is 12.8. The first kappa shape index (κ1) is 57.1. The van der Waals surface area contributed by atoms with Crippen LogP contribution >= 0.6 is 0 Å². The lowest BCUT2D eigenvalue weighted by Gasteiger charge is -2.22. The van der Waals surface area contributed by atoms with Gasteiger partial charge in [0, 0.05) is 6.42 Å². The minimum atomic E-state index is -0.654. The number of rotatable bonds is 50. The van der Waals surface area contributed by atoms with Crippen LogP contribution in [0.4, 0.5) is 0 Å². The van der Waals surface area contributed by atoms with Gasteiger partial charge in [0.25, 0.3) is 0 Å². The van der Waals surface area contributed by atoms with Crippen molar-refractivity contribution >= 4 is 5.91 Å². The van der Waals surface area contributed by atoms with Crippen LogP contribution in [-0.4, -0.2) is 34.9 Å². The second-order valence-corrected chi connectivity index (χ2v) is 18.7. The molecule has 3 N–H and O–H groups in total. The Kier molecular flexibility index (Phi) is 49.7. The molecule has 1 amide bonds. The van der Waals surface area contributed by atoms with Crippen molar-refractivity contribution in [3.8, 4) is 0 Å². The Bertz CT molecular complexity index is 799. The first-order valence-electron chi connectivity index (χ1n) is 26.9. The van der Waals surface area contributed by atoms with Crippen molar-refractivity contribution in [1.82, 2.24) is 5.32 Å². The number of carbonyl (C=O) groups excluding carboxylic acids is 1. The number of carbonyl (C=O) groups is 1.